The van der Waals surface area contributed by atoms with Crippen molar-refractivity contribution >= 4 is 64.3 Å². The molecule has 1 aromatic rings. The van der Waals surface area contributed by atoms with E-state index in [9.17, 15) is 9.59 Å². The topological polar surface area (TPSA) is 69.6 Å². The lowest BCUT2D eigenvalue weighted by atomic mass is 10.3. The largest absolute Gasteiger partial charge is 0.480 e. The summed E-state index contributed by atoms with van der Waals surface area (Å²) in [4.78, 5) is 24.3. The summed E-state index contributed by atoms with van der Waals surface area (Å²) in [7, 11) is 0. The summed E-state index contributed by atoms with van der Waals surface area (Å²) in [6.45, 7) is 0. The first kappa shape index (κ1) is 15.6. The highest BCUT2D eigenvalue weighted by molar-refractivity contribution is 7.99. The van der Waals surface area contributed by atoms with Crippen LogP contribution < -0.4 is 5.32 Å². The SMILES string of the molecule is O=C(O)[C@@H]1CSCN1C(=O)Nc1cc(Cl)c(Cl)cc1Cl. The van der Waals surface area contributed by atoms with Crippen LogP contribution in [0.1, 0.15) is 0 Å². The van der Waals surface area contributed by atoms with Gasteiger partial charge in [-0.15, -0.1) is 11.8 Å². The molecule has 108 valence electrons. The molecule has 5 nitrogen and oxygen atoms in total. The van der Waals surface area contributed by atoms with E-state index in [2.05, 4.69) is 5.32 Å². The van der Waals surface area contributed by atoms with Gasteiger partial charge in [0.2, 0.25) is 0 Å². The number of urea groups is 1. The summed E-state index contributed by atoms with van der Waals surface area (Å²) in [5.41, 5.74) is 0.284. The minimum absolute atomic E-state index is 0.228. The normalized spacial score (nSPS) is 18.1. The van der Waals surface area contributed by atoms with Crippen molar-refractivity contribution in [3.05, 3.63) is 27.2 Å². The number of carbonyl (C=O) groups is 2. The highest BCUT2D eigenvalue weighted by Gasteiger charge is 2.34. The molecule has 1 aliphatic heterocycles. The summed E-state index contributed by atoms with van der Waals surface area (Å²) in [6.07, 6.45) is 0. The molecule has 2 N–H and O–H groups in total. The van der Waals surface area contributed by atoms with E-state index in [4.69, 9.17) is 39.9 Å². The molecule has 2 amide bonds. The molecule has 1 heterocycles. The van der Waals surface area contributed by atoms with Crippen molar-refractivity contribution in [2.24, 2.45) is 0 Å². The molecule has 9 heteroatoms. The number of carboxylic acids is 1. The summed E-state index contributed by atoms with van der Waals surface area (Å²) in [5.74, 6) is -0.370. The summed E-state index contributed by atoms with van der Waals surface area (Å²) >= 11 is 19.0. The Morgan fingerprint density at radius 2 is 1.90 bits per heavy atom. The number of hydrogen-bond donors (Lipinski definition) is 2. The number of benzene rings is 1. The van der Waals surface area contributed by atoms with Gasteiger partial charge in [0.15, 0.2) is 0 Å². The van der Waals surface area contributed by atoms with Crippen molar-refractivity contribution in [2.45, 2.75) is 6.04 Å². The zero-order valence-corrected chi connectivity index (χ0v) is 13.0. The Morgan fingerprint density at radius 1 is 1.25 bits per heavy atom. The van der Waals surface area contributed by atoms with Crippen LogP contribution in [-0.4, -0.2) is 39.7 Å². The van der Waals surface area contributed by atoms with E-state index < -0.39 is 18.0 Å². The summed E-state index contributed by atoms with van der Waals surface area (Å²) in [5, 5.41) is 12.3. The molecular weight excluding hydrogens is 347 g/mol. The van der Waals surface area contributed by atoms with Crippen LogP contribution in [-0.2, 0) is 4.79 Å². The van der Waals surface area contributed by atoms with E-state index in [1.165, 1.54) is 28.8 Å². The molecule has 0 aromatic heterocycles. The number of nitrogens with zero attached hydrogens (tertiary/aromatic N) is 1. The van der Waals surface area contributed by atoms with Crippen LogP contribution in [0.15, 0.2) is 12.1 Å². The molecular formula is C11H9Cl3N2O3S. The van der Waals surface area contributed by atoms with Gasteiger partial charge in [-0.2, -0.15) is 0 Å². The lowest BCUT2D eigenvalue weighted by molar-refractivity contribution is -0.140. The first-order valence-electron chi connectivity index (χ1n) is 5.43. The van der Waals surface area contributed by atoms with Gasteiger partial charge in [0.05, 0.1) is 26.6 Å². The molecule has 0 bridgehead atoms. The number of anilines is 1. The number of halogens is 3. The van der Waals surface area contributed by atoms with Crippen LogP contribution in [0, 0.1) is 0 Å². The smallest absolute Gasteiger partial charge is 0.327 e. The van der Waals surface area contributed by atoms with Gasteiger partial charge in [-0.1, -0.05) is 34.8 Å². The van der Waals surface area contributed by atoms with E-state index in [1.807, 2.05) is 0 Å². The van der Waals surface area contributed by atoms with E-state index in [-0.39, 0.29) is 20.8 Å². The number of hydrogen-bond acceptors (Lipinski definition) is 3. The van der Waals surface area contributed by atoms with Crippen molar-refractivity contribution in [3.8, 4) is 0 Å². The number of thioether (sulfide) groups is 1. The fourth-order valence-electron chi connectivity index (χ4n) is 1.65. The van der Waals surface area contributed by atoms with Crippen molar-refractivity contribution in [3.63, 3.8) is 0 Å². The second-order valence-electron chi connectivity index (χ2n) is 4.00. The third-order valence-electron chi connectivity index (χ3n) is 2.68. The number of carboxylic acid groups (broad SMARTS) is 1. The van der Waals surface area contributed by atoms with Gasteiger partial charge in [0, 0.05) is 5.75 Å². The maximum Gasteiger partial charge on any atom is 0.327 e. The zero-order chi connectivity index (χ0) is 14.9. The first-order valence-corrected chi connectivity index (χ1v) is 7.71. The Hall–Kier alpha value is -0.820. The van der Waals surface area contributed by atoms with Gasteiger partial charge >= 0.3 is 12.0 Å². The molecule has 0 unspecified atom stereocenters. The summed E-state index contributed by atoms with van der Waals surface area (Å²) in [6, 6.07) is 1.45. The molecule has 0 aliphatic carbocycles. The van der Waals surface area contributed by atoms with Gasteiger partial charge in [-0.3, -0.25) is 0 Å². The number of rotatable bonds is 2. The second-order valence-corrected chi connectivity index (χ2v) is 6.22. The van der Waals surface area contributed by atoms with Crippen molar-refractivity contribution in [1.82, 2.24) is 4.90 Å². The Kier molecular flexibility index (Phi) is 4.90. The quantitative estimate of drug-likeness (QED) is 0.795. The molecule has 1 fully saturated rings. The fraction of sp³-hybridized carbons (Fsp3) is 0.273. The minimum atomic E-state index is -1.04. The van der Waals surface area contributed by atoms with Crippen LogP contribution in [0.2, 0.25) is 15.1 Å². The highest BCUT2D eigenvalue weighted by atomic mass is 35.5. The molecule has 1 saturated heterocycles. The van der Waals surface area contributed by atoms with Gasteiger partial charge in [0.25, 0.3) is 0 Å². The third kappa shape index (κ3) is 3.25. The summed E-state index contributed by atoms with van der Waals surface area (Å²) < 4.78 is 0. The monoisotopic (exact) mass is 354 g/mol. The van der Waals surface area contributed by atoms with Gasteiger partial charge in [-0.05, 0) is 12.1 Å². The molecule has 0 spiro atoms. The second kappa shape index (κ2) is 6.30. The Balaban J connectivity index is 2.16. The molecule has 2 rings (SSSR count). The molecule has 0 radical (unpaired) electrons. The molecule has 20 heavy (non-hydrogen) atoms. The lowest BCUT2D eigenvalue weighted by Crippen LogP contribution is -2.44. The van der Waals surface area contributed by atoms with Gasteiger partial charge in [0.1, 0.15) is 6.04 Å². The van der Waals surface area contributed by atoms with Crippen molar-refractivity contribution in [1.29, 1.82) is 0 Å². The molecule has 1 atom stereocenters. The predicted molar refractivity (Wildman–Crippen MR) is 81.1 cm³/mol. The van der Waals surface area contributed by atoms with Gasteiger partial charge < -0.3 is 15.3 Å². The Labute approximate surface area is 134 Å². The molecule has 1 aromatic carbocycles. The van der Waals surface area contributed by atoms with Crippen LogP contribution in [0.3, 0.4) is 0 Å². The third-order valence-corrected chi connectivity index (χ3v) is 4.73. The van der Waals surface area contributed by atoms with Crippen molar-refractivity contribution < 1.29 is 14.7 Å². The zero-order valence-electron chi connectivity index (χ0n) is 9.90. The van der Waals surface area contributed by atoms with Gasteiger partial charge in [-0.25, -0.2) is 9.59 Å². The van der Waals surface area contributed by atoms with E-state index in [0.29, 0.717) is 11.6 Å². The average molecular weight is 356 g/mol. The molecule has 1 aliphatic rings. The maximum atomic E-state index is 12.1. The predicted octanol–water partition coefficient (Wildman–Crippen LogP) is 3.64. The first-order chi connectivity index (χ1) is 9.40. The number of carbonyl (C=O) groups excluding carboxylic acids is 1. The lowest BCUT2D eigenvalue weighted by Gasteiger charge is -2.21. The van der Waals surface area contributed by atoms with Crippen LogP contribution in [0.5, 0.6) is 0 Å². The average Bonchev–Trinajstić information content (AvgIpc) is 2.85. The maximum absolute atomic E-state index is 12.1. The van der Waals surface area contributed by atoms with Crippen LogP contribution in [0.25, 0.3) is 0 Å². The standard InChI is InChI=1S/C11H9Cl3N2O3S/c12-5-1-7(14)8(2-6(5)13)15-11(19)16-4-20-3-9(16)10(17)18/h1-2,9H,3-4H2,(H,15,19)(H,17,18)/t9-/m0/s1. The van der Waals surface area contributed by atoms with Crippen LogP contribution in [0.4, 0.5) is 10.5 Å². The minimum Gasteiger partial charge on any atom is -0.480 e. The van der Waals surface area contributed by atoms with Crippen molar-refractivity contribution in [2.75, 3.05) is 16.9 Å². The van der Waals surface area contributed by atoms with E-state index >= 15 is 0 Å². The van der Waals surface area contributed by atoms with E-state index in [1.54, 1.807) is 0 Å². The molecule has 0 saturated carbocycles. The fourth-order valence-corrected chi connectivity index (χ4v) is 3.39. The number of amides is 2. The Morgan fingerprint density at radius 3 is 2.55 bits per heavy atom. The highest BCUT2D eigenvalue weighted by Crippen LogP contribution is 2.33. The number of nitrogens with one attached hydrogen (secondary N) is 1. The van der Waals surface area contributed by atoms with Crippen LogP contribution >= 0.6 is 46.6 Å². The van der Waals surface area contributed by atoms with E-state index in [0.717, 1.165) is 0 Å². The Bertz CT molecular complexity index is 570. The number of aliphatic carboxylic acids is 1.